The Labute approximate surface area is 101 Å². The van der Waals surface area contributed by atoms with E-state index in [1.807, 2.05) is 12.1 Å². The van der Waals surface area contributed by atoms with E-state index in [0.717, 1.165) is 31.7 Å². The minimum Gasteiger partial charge on any atom is -1.00 e. The Balaban J connectivity index is 0.00000112. The van der Waals surface area contributed by atoms with E-state index in [0.29, 0.717) is 11.2 Å². The Morgan fingerprint density at radius 2 is 2.00 bits per heavy atom. The van der Waals surface area contributed by atoms with Crippen LogP contribution in [-0.2, 0) is 0 Å². The average Bonchev–Trinajstić information content (AvgIpc) is 2.19. The quantitative estimate of drug-likeness (QED) is 0.625. The van der Waals surface area contributed by atoms with Gasteiger partial charge < -0.3 is 23.0 Å². The molecule has 1 aromatic heterocycles. The third kappa shape index (κ3) is 3.23. The van der Waals surface area contributed by atoms with Crippen LogP contribution in [0.15, 0.2) is 18.2 Å². The van der Waals surface area contributed by atoms with Crippen molar-refractivity contribution < 1.29 is 12.4 Å². The molecule has 5 heteroatoms. The van der Waals surface area contributed by atoms with Gasteiger partial charge in [0.15, 0.2) is 0 Å². The second-order valence-electron chi connectivity index (χ2n) is 3.64. The van der Waals surface area contributed by atoms with Gasteiger partial charge in [0.05, 0.1) is 0 Å². The molecule has 0 spiro atoms. The van der Waals surface area contributed by atoms with Crippen LogP contribution < -0.4 is 23.0 Å². The third-order valence-corrected chi connectivity index (χ3v) is 2.77. The molecule has 0 bridgehead atoms. The lowest BCUT2D eigenvalue weighted by Gasteiger charge is -2.31. The molecule has 1 aliphatic heterocycles. The fourth-order valence-electron chi connectivity index (χ4n) is 1.70. The van der Waals surface area contributed by atoms with Gasteiger partial charge in [-0.05, 0) is 25.0 Å². The molecule has 0 radical (unpaired) electrons. The SMILES string of the molecule is NC1CCN(c2cccc(Cl)n2)CC1.[Cl-]. The summed E-state index contributed by atoms with van der Waals surface area (Å²) in [7, 11) is 0. The Morgan fingerprint density at radius 3 is 2.60 bits per heavy atom. The van der Waals surface area contributed by atoms with Crippen LogP contribution in [0.3, 0.4) is 0 Å². The Bertz CT molecular complexity index is 311. The number of pyridine rings is 1. The van der Waals surface area contributed by atoms with Crippen LogP contribution in [0, 0.1) is 0 Å². The van der Waals surface area contributed by atoms with Crippen LogP contribution in [0.4, 0.5) is 5.82 Å². The first-order valence-corrected chi connectivity index (χ1v) is 5.26. The van der Waals surface area contributed by atoms with Crippen molar-refractivity contribution in [3.05, 3.63) is 23.4 Å². The zero-order chi connectivity index (χ0) is 9.97. The molecule has 2 rings (SSSR count). The van der Waals surface area contributed by atoms with Gasteiger partial charge in [0, 0.05) is 19.1 Å². The van der Waals surface area contributed by atoms with Crippen molar-refractivity contribution in [1.82, 2.24) is 4.98 Å². The number of halogens is 2. The second-order valence-corrected chi connectivity index (χ2v) is 4.03. The minimum atomic E-state index is 0. The number of rotatable bonds is 1. The molecule has 2 N–H and O–H groups in total. The molecule has 3 nitrogen and oxygen atoms in total. The molecule has 0 aromatic carbocycles. The zero-order valence-electron chi connectivity index (χ0n) is 8.37. The van der Waals surface area contributed by atoms with Crippen molar-refractivity contribution in [2.45, 2.75) is 18.9 Å². The largest absolute Gasteiger partial charge is 1.00 e. The highest BCUT2D eigenvalue weighted by atomic mass is 35.5. The van der Waals surface area contributed by atoms with E-state index in [-0.39, 0.29) is 12.4 Å². The van der Waals surface area contributed by atoms with Crippen LogP contribution in [0.2, 0.25) is 5.15 Å². The van der Waals surface area contributed by atoms with Crippen LogP contribution in [-0.4, -0.2) is 24.1 Å². The van der Waals surface area contributed by atoms with E-state index in [1.54, 1.807) is 6.07 Å². The fraction of sp³-hybridized carbons (Fsp3) is 0.500. The highest BCUT2D eigenvalue weighted by molar-refractivity contribution is 6.29. The summed E-state index contributed by atoms with van der Waals surface area (Å²) in [5.41, 5.74) is 5.83. The minimum absolute atomic E-state index is 0. The predicted molar refractivity (Wildman–Crippen MR) is 58.7 cm³/mol. The van der Waals surface area contributed by atoms with Crippen LogP contribution >= 0.6 is 11.6 Å². The fourth-order valence-corrected chi connectivity index (χ4v) is 1.86. The highest BCUT2D eigenvalue weighted by Gasteiger charge is 2.16. The maximum Gasteiger partial charge on any atom is 0.131 e. The number of piperidine rings is 1. The topological polar surface area (TPSA) is 42.1 Å². The van der Waals surface area contributed by atoms with Gasteiger partial charge in [-0.25, -0.2) is 4.98 Å². The van der Waals surface area contributed by atoms with Crippen molar-refractivity contribution in [3.63, 3.8) is 0 Å². The molecule has 15 heavy (non-hydrogen) atoms. The molecule has 0 unspecified atom stereocenters. The zero-order valence-corrected chi connectivity index (χ0v) is 9.88. The van der Waals surface area contributed by atoms with Gasteiger partial charge in [0.1, 0.15) is 11.0 Å². The lowest BCUT2D eigenvalue weighted by atomic mass is 10.1. The average molecular weight is 247 g/mol. The summed E-state index contributed by atoms with van der Waals surface area (Å²) >= 11 is 5.83. The number of anilines is 1. The van der Waals surface area contributed by atoms with Crippen molar-refractivity contribution in [3.8, 4) is 0 Å². The third-order valence-electron chi connectivity index (χ3n) is 2.56. The van der Waals surface area contributed by atoms with Gasteiger partial charge in [0.2, 0.25) is 0 Å². The van der Waals surface area contributed by atoms with E-state index in [1.165, 1.54) is 0 Å². The van der Waals surface area contributed by atoms with Crippen LogP contribution in [0.25, 0.3) is 0 Å². The van der Waals surface area contributed by atoms with Gasteiger partial charge in [-0.15, -0.1) is 0 Å². The molecule has 0 atom stereocenters. The molecule has 1 aliphatic rings. The summed E-state index contributed by atoms with van der Waals surface area (Å²) < 4.78 is 0. The Hall–Kier alpha value is -0.510. The summed E-state index contributed by atoms with van der Waals surface area (Å²) in [4.78, 5) is 6.50. The molecular formula is C10H14Cl2N3-. The highest BCUT2D eigenvalue weighted by Crippen LogP contribution is 2.18. The van der Waals surface area contributed by atoms with Gasteiger partial charge in [0.25, 0.3) is 0 Å². The van der Waals surface area contributed by atoms with Gasteiger partial charge in [-0.1, -0.05) is 17.7 Å². The maximum atomic E-state index is 5.83. The van der Waals surface area contributed by atoms with E-state index >= 15 is 0 Å². The summed E-state index contributed by atoms with van der Waals surface area (Å²) in [6.45, 7) is 1.96. The van der Waals surface area contributed by atoms with E-state index in [9.17, 15) is 0 Å². The monoisotopic (exact) mass is 246 g/mol. The first-order valence-electron chi connectivity index (χ1n) is 4.89. The molecular weight excluding hydrogens is 233 g/mol. The van der Waals surface area contributed by atoms with Gasteiger partial charge in [-0.3, -0.25) is 0 Å². The van der Waals surface area contributed by atoms with Crippen LogP contribution in [0.5, 0.6) is 0 Å². The summed E-state index contributed by atoms with van der Waals surface area (Å²) in [6, 6.07) is 6.06. The summed E-state index contributed by atoms with van der Waals surface area (Å²) in [5.74, 6) is 0.962. The lowest BCUT2D eigenvalue weighted by molar-refractivity contribution is -0.00000302. The molecule has 0 aliphatic carbocycles. The molecule has 1 fully saturated rings. The Morgan fingerprint density at radius 1 is 1.33 bits per heavy atom. The molecule has 2 heterocycles. The summed E-state index contributed by atoms with van der Waals surface area (Å²) in [6.07, 6.45) is 2.07. The van der Waals surface area contributed by atoms with Gasteiger partial charge >= 0.3 is 0 Å². The number of nitrogens with zero attached hydrogens (tertiary/aromatic N) is 2. The van der Waals surface area contributed by atoms with E-state index in [4.69, 9.17) is 17.3 Å². The number of nitrogens with two attached hydrogens (primary N) is 1. The van der Waals surface area contributed by atoms with Gasteiger partial charge in [-0.2, -0.15) is 0 Å². The normalized spacial score (nSPS) is 17.3. The molecule has 84 valence electrons. The number of hydrogen-bond donors (Lipinski definition) is 1. The second kappa shape index (κ2) is 5.54. The predicted octanol–water partition coefficient (Wildman–Crippen LogP) is -1.33. The molecule has 0 saturated carbocycles. The first kappa shape index (κ1) is 12.6. The van der Waals surface area contributed by atoms with E-state index in [2.05, 4.69) is 9.88 Å². The Kier molecular flexibility index (Phi) is 4.64. The van der Waals surface area contributed by atoms with E-state index < -0.39 is 0 Å². The van der Waals surface area contributed by atoms with Crippen molar-refractivity contribution in [2.75, 3.05) is 18.0 Å². The first-order chi connectivity index (χ1) is 6.75. The standard InChI is InChI=1S/C10H14ClN3.ClH/c11-9-2-1-3-10(13-9)14-6-4-8(12)5-7-14;/h1-3,8H,4-7,12H2;1H/p-1. The maximum absolute atomic E-state index is 5.83. The van der Waals surface area contributed by atoms with Crippen LogP contribution in [0.1, 0.15) is 12.8 Å². The molecule has 1 saturated heterocycles. The molecule has 1 aromatic rings. The number of hydrogen-bond acceptors (Lipinski definition) is 3. The smallest absolute Gasteiger partial charge is 0.131 e. The van der Waals surface area contributed by atoms with Crippen molar-refractivity contribution >= 4 is 17.4 Å². The lowest BCUT2D eigenvalue weighted by Crippen LogP contribution is -3.00. The summed E-state index contributed by atoms with van der Waals surface area (Å²) in [5, 5.41) is 0.553. The number of aromatic nitrogens is 1. The van der Waals surface area contributed by atoms with Crippen molar-refractivity contribution in [2.24, 2.45) is 5.73 Å². The van der Waals surface area contributed by atoms with Crippen molar-refractivity contribution in [1.29, 1.82) is 0 Å². The molecule has 0 amide bonds.